The Kier molecular flexibility index (Phi) is 3.94. The molecule has 2 aromatic rings. The Labute approximate surface area is 117 Å². The van der Waals surface area contributed by atoms with Crippen molar-refractivity contribution in [3.63, 3.8) is 0 Å². The van der Waals surface area contributed by atoms with Gasteiger partial charge in [0.15, 0.2) is 5.78 Å². The molecule has 0 aliphatic carbocycles. The highest BCUT2D eigenvalue weighted by atomic mass is 35.5. The molecular weight excluding hydrogens is 295 g/mol. The molecule has 0 aliphatic heterocycles. The van der Waals surface area contributed by atoms with E-state index >= 15 is 0 Å². The van der Waals surface area contributed by atoms with Crippen molar-refractivity contribution in [1.82, 2.24) is 4.98 Å². The quantitative estimate of drug-likeness (QED) is 0.808. The minimum Gasteiger partial charge on any atom is -0.404 e. The Morgan fingerprint density at radius 3 is 2.35 bits per heavy atom. The van der Waals surface area contributed by atoms with Crippen molar-refractivity contribution >= 4 is 17.4 Å². The van der Waals surface area contributed by atoms with Gasteiger partial charge in [0, 0.05) is 23.5 Å². The standard InChI is InChI=1S/C13H7ClF3NO2/c14-10-2-1-9(7-11(10)20-13(15,16)17)12(19)8-3-5-18-6-4-8/h1-7H. The van der Waals surface area contributed by atoms with Crippen LogP contribution in [0.5, 0.6) is 5.75 Å². The Balaban J connectivity index is 2.34. The van der Waals surface area contributed by atoms with Crippen molar-refractivity contribution in [2.45, 2.75) is 6.36 Å². The number of ether oxygens (including phenoxy) is 1. The lowest BCUT2D eigenvalue weighted by atomic mass is 10.0. The molecule has 0 saturated carbocycles. The zero-order chi connectivity index (χ0) is 14.8. The molecule has 0 bridgehead atoms. The number of carbonyl (C=O) groups excluding carboxylic acids is 1. The van der Waals surface area contributed by atoms with E-state index in [0.717, 1.165) is 6.07 Å². The molecule has 7 heteroatoms. The molecule has 0 spiro atoms. The van der Waals surface area contributed by atoms with Crippen molar-refractivity contribution in [1.29, 1.82) is 0 Å². The zero-order valence-corrected chi connectivity index (χ0v) is 10.6. The number of ketones is 1. The first kappa shape index (κ1) is 14.3. The number of halogens is 4. The predicted molar refractivity (Wildman–Crippen MR) is 65.8 cm³/mol. The molecular formula is C13H7ClF3NO2. The molecule has 0 amide bonds. The summed E-state index contributed by atoms with van der Waals surface area (Å²) in [5.74, 6) is -1.06. The van der Waals surface area contributed by atoms with Gasteiger partial charge in [0.05, 0.1) is 5.02 Å². The first-order valence-electron chi connectivity index (χ1n) is 5.37. The van der Waals surface area contributed by atoms with Crippen molar-refractivity contribution in [2.24, 2.45) is 0 Å². The van der Waals surface area contributed by atoms with E-state index in [-0.39, 0.29) is 10.6 Å². The predicted octanol–water partition coefficient (Wildman–Crippen LogP) is 3.86. The van der Waals surface area contributed by atoms with Gasteiger partial charge in [-0.05, 0) is 30.3 Å². The topological polar surface area (TPSA) is 39.2 Å². The van der Waals surface area contributed by atoms with E-state index in [4.69, 9.17) is 11.6 Å². The van der Waals surface area contributed by atoms with Gasteiger partial charge in [-0.25, -0.2) is 0 Å². The van der Waals surface area contributed by atoms with Gasteiger partial charge in [-0.1, -0.05) is 11.6 Å². The van der Waals surface area contributed by atoms with Crippen LogP contribution in [0.2, 0.25) is 5.02 Å². The van der Waals surface area contributed by atoms with Crippen LogP contribution < -0.4 is 4.74 Å². The van der Waals surface area contributed by atoms with Gasteiger partial charge in [0.2, 0.25) is 0 Å². The summed E-state index contributed by atoms with van der Waals surface area (Å²) >= 11 is 5.61. The lowest BCUT2D eigenvalue weighted by Crippen LogP contribution is -2.17. The van der Waals surface area contributed by atoms with Crippen molar-refractivity contribution in [3.05, 3.63) is 58.9 Å². The van der Waals surface area contributed by atoms with E-state index in [1.165, 1.54) is 36.7 Å². The lowest BCUT2D eigenvalue weighted by molar-refractivity contribution is -0.274. The first-order valence-corrected chi connectivity index (χ1v) is 5.74. The second-order valence-electron chi connectivity index (χ2n) is 3.76. The molecule has 0 saturated heterocycles. The van der Waals surface area contributed by atoms with Crippen LogP contribution in [0.15, 0.2) is 42.7 Å². The maximum absolute atomic E-state index is 12.2. The maximum atomic E-state index is 12.2. The van der Waals surface area contributed by atoms with Crippen molar-refractivity contribution in [3.8, 4) is 5.75 Å². The molecule has 0 radical (unpaired) electrons. The Morgan fingerprint density at radius 2 is 1.75 bits per heavy atom. The normalized spacial score (nSPS) is 11.2. The van der Waals surface area contributed by atoms with E-state index in [1.807, 2.05) is 0 Å². The van der Waals surface area contributed by atoms with Gasteiger partial charge in [-0.15, -0.1) is 13.2 Å². The van der Waals surface area contributed by atoms with Crippen molar-refractivity contribution in [2.75, 3.05) is 0 Å². The van der Waals surface area contributed by atoms with E-state index in [2.05, 4.69) is 9.72 Å². The minimum absolute atomic E-state index is 0.0415. The second kappa shape index (κ2) is 5.50. The number of carbonyl (C=O) groups is 1. The van der Waals surface area contributed by atoms with Gasteiger partial charge < -0.3 is 4.74 Å². The number of hydrogen-bond donors (Lipinski definition) is 0. The average molecular weight is 302 g/mol. The molecule has 3 nitrogen and oxygen atoms in total. The fourth-order valence-electron chi connectivity index (χ4n) is 1.52. The van der Waals surface area contributed by atoms with Crippen LogP contribution in [-0.4, -0.2) is 17.1 Å². The highest BCUT2D eigenvalue weighted by Gasteiger charge is 2.32. The SMILES string of the molecule is O=C(c1ccncc1)c1ccc(Cl)c(OC(F)(F)F)c1. The summed E-state index contributed by atoms with van der Waals surface area (Å²) in [5.41, 5.74) is 0.347. The molecule has 0 fully saturated rings. The number of rotatable bonds is 3. The summed E-state index contributed by atoms with van der Waals surface area (Å²) in [6, 6.07) is 6.38. The minimum atomic E-state index is -4.87. The van der Waals surface area contributed by atoms with Crippen LogP contribution >= 0.6 is 11.6 Å². The first-order chi connectivity index (χ1) is 9.37. The number of alkyl halides is 3. The number of hydrogen-bond acceptors (Lipinski definition) is 3. The average Bonchev–Trinajstić information content (AvgIpc) is 2.40. The Hall–Kier alpha value is -2.08. The summed E-state index contributed by atoms with van der Waals surface area (Å²) < 4.78 is 40.4. The maximum Gasteiger partial charge on any atom is 0.573 e. The third-order valence-electron chi connectivity index (χ3n) is 2.36. The van der Waals surface area contributed by atoms with E-state index in [0.29, 0.717) is 5.56 Å². The third-order valence-corrected chi connectivity index (χ3v) is 2.67. The molecule has 0 atom stereocenters. The molecule has 20 heavy (non-hydrogen) atoms. The molecule has 2 rings (SSSR count). The molecule has 0 aliphatic rings. The van der Waals surface area contributed by atoms with E-state index in [1.54, 1.807) is 0 Å². The number of aromatic nitrogens is 1. The van der Waals surface area contributed by atoms with Crippen molar-refractivity contribution < 1.29 is 22.7 Å². The molecule has 104 valence electrons. The molecule has 1 aromatic heterocycles. The second-order valence-corrected chi connectivity index (χ2v) is 4.17. The summed E-state index contributed by atoms with van der Waals surface area (Å²) in [6.07, 6.45) is -2.05. The van der Waals surface area contributed by atoms with Crippen LogP contribution in [0.3, 0.4) is 0 Å². The molecule has 0 N–H and O–H groups in total. The van der Waals surface area contributed by atoms with Crippen LogP contribution in [0.25, 0.3) is 0 Å². The van der Waals surface area contributed by atoms with E-state index in [9.17, 15) is 18.0 Å². The monoisotopic (exact) mass is 301 g/mol. The van der Waals surface area contributed by atoms with Crippen LogP contribution in [0, 0.1) is 0 Å². The fraction of sp³-hybridized carbons (Fsp3) is 0.0769. The highest BCUT2D eigenvalue weighted by molar-refractivity contribution is 6.32. The summed E-state index contributed by atoms with van der Waals surface area (Å²) in [7, 11) is 0. The van der Waals surface area contributed by atoms with Gasteiger partial charge in [0.1, 0.15) is 5.75 Å². The highest BCUT2D eigenvalue weighted by Crippen LogP contribution is 2.31. The largest absolute Gasteiger partial charge is 0.573 e. The van der Waals surface area contributed by atoms with Gasteiger partial charge in [0.25, 0.3) is 0 Å². The van der Waals surface area contributed by atoms with E-state index < -0.39 is 17.9 Å². The lowest BCUT2D eigenvalue weighted by Gasteiger charge is -2.11. The van der Waals surface area contributed by atoms with Crippen LogP contribution in [-0.2, 0) is 0 Å². The number of pyridine rings is 1. The fourth-order valence-corrected chi connectivity index (χ4v) is 1.67. The smallest absolute Gasteiger partial charge is 0.404 e. The summed E-state index contributed by atoms with van der Waals surface area (Å²) in [6.45, 7) is 0. The number of nitrogens with zero attached hydrogens (tertiary/aromatic N) is 1. The molecule has 1 aromatic carbocycles. The summed E-state index contributed by atoms with van der Waals surface area (Å²) in [4.78, 5) is 15.8. The van der Waals surface area contributed by atoms with Crippen LogP contribution in [0.4, 0.5) is 13.2 Å². The number of benzene rings is 1. The Bertz CT molecular complexity index is 629. The van der Waals surface area contributed by atoms with Crippen LogP contribution in [0.1, 0.15) is 15.9 Å². The van der Waals surface area contributed by atoms with Gasteiger partial charge in [-0.3, -0.25) is 9.78 Å². The zero-order valence-electron chi connectivity index (χ0n) is 9.82. The molecule has 0 unspecified atom stereocenters. The summed E-state index contributed by atoms with van der Waals surface area (Å²) in [5, 5.41) is -0.228. The van der Waals surface area contributed by atoms with Gasteiger partial charge in [-0.2, -0.15) is 0 Å². The van der Waals surface area contributed by atoms with Gasteiger partial charge >= 0.3 is 6.36 Å². The molecule has 1 heterocycles. The third kappa shape index (κ3) is 3.48. The Morgan fingerprint density at radius 1 is 1.10 bits per heavy atom.